The predicted octanol–water partition coefficient (Wildman–Crippen LogP) is 3.76. The summed E-state index contributed by atoms with van der Waals surface area (Å²) in [7, 11) is 3.43. The van der Waals surface area contributed by atoms with Gasteiger partial charge in [0, 0.05) is 80.4 Å². The molecule has 9 atom stereocenters. The standard InChI is InChI=1S/C41H56N4O11/c1-20-11-10-12-21(2)40(53)43-31-26(19-42-45-16-14-44(8)15-17-45)36(50)28-29(37(31)51)35(49)25(6)38-30(28)39(52)41(7,56-38)55-18-13-27(54-9)22(3)33(47)24(5)34(48)23(4)32(20)46/h10-13,18-20,22-24,27,32-34,46-51H,14-17H2,1-9H3,(H,43,53)/b11-10+,18-13+,21-12-,42-19-/t20-,22+,23-,24+,27+,32+,33-,34+,41+/m1/s1. The molecular formula is C41H56N4O11. The molecule has 1 saturated heterocycles. The van der Waals surface area contributed by atoms with E-state index in [9.17, 15) is 40.2 Å². The summed E-state index contributed by atoms with van der Waals surface area (Å²) in [4.78, 5) is 30.1. The molecule has 4 heterocycles. The highest BCUT2D eigenvalue weighted by Crippen LogP contribution is 2.55. The van der Waals surface area contributed by atoms with E-state index >= 15 is 0 Å². The first-order valence-electron chi connectivity index (χ1n) is 18.9. The lowest BCUT2D eigenvalue weighted by Crippen LogP contribution is -2.44. The van der Waals surface area contributed by atoms with Crippen molar-refractivity contribution in [1.29, 1.82) is 0 Å². The number of phenolic OH excluding ortho intramolecular Hbond substituents is 3. The Bertz CT molecular complexity index is 1950. The van der Waals surface area contributed by atoms with Gasteiger partial charge in [-0.1, -0.05) is 45.9 Å². The minimum atomic E-state index is -2.01. The highest BCUT2D eigenvalue weighted by Gasteiger charge is 2.50. The third-order valence-electron chi connectivity index (χ3n) is 11.6. The number of rotatable bonds is 3. The van der Waals surface area contributed by atoms with Crippen LogP contribution in [-0.2, 0) is 14.3 Å². The van der Waals surface area contributed by atoms with Crippen LogP contribution in [0.3, 0.4) is 0 Å². The van der Waals surface area contributed by atoms with E-state index in [4.69, 9.17) is 14.2 Å². The summed E-state index contributed by atoms with van der Waals surface area (Å²) in [5.41, 5.74) is -0.290. The second-order valence-corrected chi connectivity index (χ2v) is 15.5. The SMILES string of the molecule is CO[C@H]1/C=C/O[C@@]2(C)Oc3c(C)c(O)c4c(O)c(c(/C=N\N5CCN(C)CC5)c(O)c4c3C2=O)NC(=O)/C(C)=C\C=C\[C@@H](C)[C@H](O)[C@@H](C)[C@H](O)[C@@H](C)[C@H](O)[C@H]1C. The zero-order valence-corrected chi connectivity index (χ0v) is 33.5. The van der Waals surface area contributed by atoms with Gasteiger partial charge in [0.1, 0.15) is 17.2 Å². The molecule has 5 bridgehead atoms. The molecule has 15 nitrogen and oxygen atoms in total. The number of anilines is 1. The second-order valence-electron chi connectivity index (χ2n) is 15.5. The topological polar surface area (TPSA) is 214 Å². The van der Waals surface area contributed by atoms with Crippen LogP contribution in [0.5, 0.6) is 23.0 Å². The largest absolute Gasteiger partial charge is 0.507 e. The van der Waals surface area contributed by atoms with Crippen molar-refractivity contribution in [2.24, 2.45) is 28.8 Å². The molecule has 7 N–H and O–H groups in total. The van der Waals surface area contributed by atoms with E-state index in [1.807, 2.05) is 7.05 Å². The molecule has 6 rings (SSSR count). The molecule has 0 spiro atoms. The molecule has 0 radical (unpaired) electrons. The van der Waals surface area contributed by atoms with Crippen molar-refractivity contribution >= 4 is 34.4 Å². The average molecular weight is 781 g/mol. The van der Waals surface area contributed by atoms with Crippen molar-refractivity contribution in [2.75, 3.05) is 45.7 Å². The minimum absolute atomic E-state index is 0.0688. The smallest absolute Gasteiger partial charge is 0.312 e. The number of ether oxygens (including phenoxy) is 3. The van der Waals surface area contributed by atoms with E-state index in [-0.39, 0.29) is 44.5 Å². The number of carbonyl (C=O) groups excluding carboxylic acids is 2. The normalized spacial score (nSPS) is 33.3. The first kappa shape index (κ1) is 42.5. The third kappa shape index (κ3) is 7.96. The predicted molar refractivity (Wildman–Crippen MR) is 211 cm³/mol. The Labute approximate surface area is 327 Å². The summed E-state index contributed by atoms with van der Waals surface area (Å²) in [5.74, 6) is -7.59. The summed E-state index contributed by atoms with van der Waals surface area (Å²) in [6, 6.07) is 0. The van der Waals surface area contributed by atoms with Crippen LogP contribution in [-0.4, -0.2) is 129 Å². The first-order chi connectivity index (χ1) is 26.3. The molecule has 56 heavy (non-hydrogen) atoms. The van der Waals surface area contributed by atoms with Crippen molar-refractivity contribution in [3.05, 3.63) is 52.8 Å². The number of aromatic hydroxyl groups is 3. The highest BCUT2D eigenvalue weighted by molar-refractivity contribution is 6.23. The van der Waals surface area contributed by atoms with Crippen molar-refractivity contribution in [3.8, 4) is 23.0 Å². The third-order valence-corrected chi connectivity index (χ3v) is 11.6. The Balaban J connectivity index is 1.70. The molecule has 4 aliphatic rings. The highest BCUT2D eigenvalue weighted by atomic mass is 16.7. The van der Waals surface area contributed by atoms with Gasteiger partial charge in [-0.15, -0.1) is 0 Å². The molecular weight excluding hydrogens is 724 g/mol. The van der Waals surface area contributed by atoms with Crippen LogP contribution in [0.4, 0.5) is 5.69 Å². The van der Waals surface area contributed by atoms with Gasteiger partial charge in [-0.25, -0.2) is 0 Å². The number of nitrogens with one attached hydrogen (secondary N) is 1. The molecule has 0 saturated carbocycles. The number of phenols is 3. The minimum Gasteiger partial charge on any atom is -0.507 e. The summed E-state index contributed by atoms with van der Waals surface area (Å²) in [5, 5.41) is 77.6. The fourth-order valence-electron chi connectivity index (χ4n) is 7.53. The Morgan fingerprint density at radius 1 is 0.893 bits per heavy atom. The maximum atomic E-state index is 14.3. The molecule has 1 fully saturated rings. The van der Waals surface area contributed by atoms with Gasteiger partial charge >= 0.3 is 5.79 Å². The number of allylic oxidation sites excluding steroid dienone is 2. The molecule has 306 valence electrons. The molecule has 2 aromatic rings. The molecule has 0 aliphatic carbocycles. The molecule has 0 unspecified atom stereocenters. The van der Waals surface area contributed by atoms with Crippen LogP contribution in [0.2, 0.25) is 0 Å². The first-order valence-corrected chi connectivity index (χ1v) is 18.9. The fourth-order valence-corrected chi connectivity index (χ4v) is 7.53. The van der Waals surface area contributed by atoms with Crippen molar-refractivity contribution in [2.45, 2.75) is 78.7 Å². The zero-order chi connectivity index (χ0) is 41.4. The van der Waals surface area contributed by atoms with Gasteiger partial charge in [-0.05, 0) is 27.0 Å². The number of methoxy groups -OCH3 is 1. The van der Waals surface area contributed by atoms with Crippen LogP contribution < -0.4 is 10.1 Å². The molecule has 0 aromatic heterocycles. The summed E-state index contributed by atoms with van der Waals surface area (Å²) in [6.07, 6.45) is 4.79. The van der Waals surface area contributed by atoms with E-state index < -0.39 is 82.8 Å². The number of fused-ring (bicyclic) bond motifs is 14. The summed E-state index contributed by atoms with van der Waals surface area (Å²) >= 11 is 0. The van der Waals surface area contributed by atoms with Crippen LogP contribution in [0, 0.1) is 30.6 Å². The van der Waals surface area contributed by atoms with Crippen molar-refractivity contribution < 1.29 is 54.4 Å². The van der Waals surface area contributed by atoms with Crippen LogP contribution in [0.15, 0.2) is 41.2 Å². The molecule has 4 aliphatic heterocycles. The number of ketones is 1. The zero-order valence-electron chi connectivity index (χ0n) is 33.5. The second kappa shape index (κ2) is 16.8. The van der Waals surface area contributed by atoms with Gasteiger partial charge < -0.3 is 55.1 Å². The number of likely N-dealkylation sites (N-methyl/N-ethyl adjacent to an activating group) is 1. The number of amides is 1. The van der Waals surface area contributed by atoms with Crippen molar-refractivity contribution in [3.63, 3.8) is 0 Å². The maximum absolute atomic E-state index is 14.3. The van der Waals surface area contributed by atoms with Gasteiger partial charge in [-0.3, -0.25) is 14.6 Å². The average Bonchev–Trinajstić information content (AvgIpc) is 3.44. The van der Waals surface area contributed by atoms with Gasteiger partial charge in [0.25, 0.3) is 11.7 Å². The molecule has 15 heteroatoms. The maximum Gasteiger partial charge on any atom is 0.312 e. The number of nitrogens with zero attached hydrogens (tertiary/aromatic N) is 3. The number of hydrogen-bond acceptors (Lipinski definition) is 14. The van der Waals surface area contributed by atoms with Crippen LogP contribution >= 0.6 is 0 Å². The molecule has 2 aromatic carbocycles. The lowest BCUT2D eigenvalue weighted by atomic mass is 9.78. The number of piperazine rings is 1. The number of benzene rings is 2. The number of aliphatic hydroxyl groups is 3. The van der Waals surface area contributed by atoms with Gasteiger partial charge in [-0.2, -0.15) is 5.10 Å². The Kier molecular flexibility index (Phi) is 12.8. The Morgan fingerprint density at radius 2 is 1.52 bits per heavy atom. The van der Waals surface area contributed by atoms with Crippen LogP contribution in [0.25, 0.3) is 10.8 Å². The van der Waals surface area contributed by atoms with Crippen LogP contribution in [0.1, 0.15) is 63.0 Å². The fraction of sp³-hybridized carbons (Fsp3) is 0.537. The Morgan fingerprint density at radius 3 is 2.16 bits per heavy atom. The lowest BCUT2D eigenvalue weighted by molar-refractivity contribution is -0.112. The van der Waals surface area contributed by atoms with E-state index in [1.54, 1.807) is 44.9 Å². The van der Waals surface area contributed by atoms with E-state index in [2.05, 4.69) is 15.3 Å². The van der Waals surface area contributed by atoms with E-state index in [0.717, 1.165) is 13.1 Å². The number of carbonyl (C=O) groups is 2. The van der Waals surface area contributed by atoms with Crippen molar-refractivity contribution in [1.82, 2.24) is 9.91 Å². The quantitative estimate of drug-likeness (QED) is 0.134. The summed E-state index contributed by atoms with van der Waals surface area (Å²) < 4.78 is 17.7. The van der Waals surface area contributed by atoms with Gasteiger partial charge in [0.05, 0.1) is 59.1 Å². The number of hydrogen-bond donors (Lipinski definition) is 7. The van der Waals surface area contributed by atoms with E-state index in [1.165, 1.54) is 52.5 Å². The number of aliphatic hydroxyl groups excluding tert-OH is 3. The monoisotopic (exact) mass is 780 g/mol. The molecule has 1 amide bonds. The lowest BCUT2D eigenvalue weighted by Gasteiger charge is -2.36. The number of hydrazone groups is 1. The van der Waals surface area contributed by atoms with Gasteiger partial charge in [0.15, 0.2) is 5.75 Å². The Hall–Kier alpha value is -4.67. The summed E-state index contributed by atoms with van der Waals surface area (Å²) in [6.45, 7) is 13.8. The van der Waals surface area contributed by atoms with Gasteiger partial charge in [0.2, 0.25) is 0 Å². The van der Waals surface area contributed by atoms with E-state index in [0.29, 0.717) is 13.1 Å². The number of Topliss-reactive ketones (excluding diaryl/α,β-unsaturated/α-hetero) is 1.